The smallest absolute Gasteiger partial charge is 0.243 e. The number of amides is 1. The first kappa shape index (κ1) is 20.5. The van der Waals surface area contributed by atoms with Gasteiger partial charge in [-0.25, -0.2) is 4.99 Å². The Morgan fingerprint density at radius 2 is 2.00 bits per heavy atom. The number of hydrogen-bond donors (Lipinski definition) is 1. The molecule has 1 aromatic carbocycles. The predicted octanol–water partition coefficient (Wildman–Crippen LogP) is 2.45. The molecule has 1 aliphatic heterocycles. The number of rotatable bonds is 4. The molecule has 1 N–H and O–H groups in total. The van der Waals surface area contributed by atoms with Crippen LogP contribution in [0.2, 0.25) is 0 Å². The van der Waals surface area contributed by atoms with Gasteiger partial charge in [0, 0.05) is 33.7 Å². The third kappa shape index (κ3) is 5.81. The van der Waals surface area contributed by atoms with Gasteiger partial charge in [-0.15, -0.1) is 24.0 Å². The number of benzene rings is 1. The Labute approximate surface area is 161 Å². The average Bonchev–Trinajstić information content (AvgIpc) is 2.59. The molecule has 5 nitrogen and oxygen atoms in total. The number of carbonyl (C=O) groups is 1. The summed E-state index contributed by atoms with van der Waals surface area (Å²) in [6, 6.07) is 10.5. The minimum atomic E-state index is 0. The van der Waals surface area contributed by atoms with Crippen LogP contribution in [0.1, 0.15) is 18.9 Å². The fourth-order valence-electron chi connectivity index (χ4n) is 2.49. The van der Waals surface area contributed by atoms with Gasteiger partial charge in [0.25, 0.3) is 0 Å². The van der Waals surface area contributed by atoms with Gasteiger partial charge in [-0.2, -0.15) is 0 Å². The molecule has 132 valence electrons. The third-order valence-corrected chi connectivity index (χ3v) is 3.85. The van der Waals surface area contributed by atoms with E-state index in [0.717, 1.165) is 32.0 Å². The predicted molar refractivity (Wildman–Crippen MR) is 111 cm³/mol. The maximum atomic E-state index is 11.7. The van der Waals surface area contributed by atoms with E-state index in [1.807, 2.05) is 13.0 Å². The maximum Gasteiger partial charge on any atom is 0.243 e. The molecule has 1 heterocycles. The molecule has 1 amide bonds. The molecule has 0 unspecified atom stereocenters. The van der Waals surface area contributed by atoms with Gasteiger partial charge in [0.15, 0.2) is 5.96 Å². The van der Waals surface area contributed by atoms with Crippen molar-refractivity contribution in [2.24, 2.45) is 4.99 Å². The summed E-state index contributed by atoms with van der Waals surface area (Å²) in [5.41, 5.74) is 2.67. The molecular formula is C18H27IN4O. The van der Waals surface area contributed by atoms with Crippen LogP contribution in [-0.2, 0) is 4.79 Å². The topological polar surface area (TPSA) is 47.9 Å². The molecule has 0 aliphatic carbocycles. The van der Waals surface area contributed by atoms with Crippen molar-refractivity contribution in [2.45, 2.75) is 13.3 Å². The van der Waals surface area contributed by atoms with E-state index in [1.54, 1.807) is 19.0 Å². The molecule has 1 aliphatic rings. The van der Waals surface area contributed by atoms with Crippen LogP contribution in [0, 0.1) is 0 Å². The molecule has 6 heteroatoms. The number of nitrogens with zero attached hydrogens (tertiary/aromatic N) is 3. The summed E-state index contributed by atoms with van der Waals surface area (Å²) in [5, 5.41) is 3.28. The van der Waals surface area contributed by atoms with E-state index in [0.29, 0.717) is 0 Å². The van der Waals surface area contributed by atoms with E-state index in [9.17, 15) is 4.79 Å². The van der Waals surface area contributed by atoms with E-state index in [-0.39, 0.29) is 36.4 Å². The molecule has 1 aromatic rings. The second-order valence-electron chi connectivity index (χ2n) is 5.75. The highest BCUT2D eigenvalue weighted by molar-refractivity contribution is 14.0. The van der Waals surface area contributed by atoms with Gasteiger partial charge in [-0.05, 0) is 24.5 Å². The Kier molecular flexibility index (Phi) is 8.81. The van der Waals surface area contributed by atoms with Crippen LogP contribution in [-0.4, -0.2) is 61.9 Å². The van der Waals surface area contributed by atoms with Crippen molar-refractivity contribution < 1.29 is 4.79 Å². The van der Waals surface area contributed by atoms with Crippen molar-refractivity contribution in [3.05, 3.63) is 42.0 Å². The fraction of sp³-hybridized carbons (Fsp3) is 0.444. The van der Waals surface area contributed by atoms with Gasteiger partial charge in [-0.1, -0.05) is 36.4 Å². The summed E-state index contributed by atoms with van der Waals surface area (Å²) in [6.07, 6.45) is 3.23. The van der Waals surface area contributed by atoms with E-state index in [1.165, 1.54) is 11.1 Å². The van der Waals surface area contributed by atoms with Crippen LogP contribution in [0.4, 0.5) is 0 Å². The SMILES string of the molecule is CCNC(=NCC(=O)N(C)C)N1CC=C(c2ccccc2)CC1.I. The van der Waals surface area contributed by atoms with E-state index >= 15 is 0 Å². The average molecular weight is 442 g/mol. The van der Waals surface area contributed by atoms with E-state index in [4.69, 9.17) is 0 Å². The quantitative estimate of drug-likeness (QED) is 0.443. The highest BCUT2D eigenvalue weighted by atomic mass is 127. The number of carbonyl (C=O) groups excluding carboxylic acids is 1. The van der Waals surface area contributed by atoms with Crippen LogP contribution in [0.25, 0.3) is 5.57 Å². The Morgan fingerprint density at radius 3 is 2.54 bits per heavy atom. The summed E-state index contributed by atoms with van der Waals surface area (Å²) >= 11 is 0. The van der Waals surface area contributed by atoms with Gasteiger partial charge in [-0.3, -0.25) is 4.79 Å². The Hall–Kier alpha value is -1.57. The lowest BCUT2D eigenvalue weighted by molar-refractivity contribution is -0.127. The van der Waals surface area contributed by atoms with Crippen LogP contribution < -0.4 is 5.32 Å². The number of likely N-dealkylation sites (N-methyl/N-ethyl adjacent to an activating group) is 1. The number of halogens is 1. The normalized spacial score (nSPS) is 14.5. The minimum absolute atomic E-state index is 0. The molecule has 0 aromatic heterocycles. The lowest BCUT2D eigenvalue weighted by Gasteiger charge is -2.30. The maximum absolute atomic E-state index is 11.7. The summed E-state index contributed by atoms with van der Waals surface area (Å²) < 4.78 is 0. The van der Waals surface area contributed by atoms with Crippen molar-refractivity contribution in [1.82, 2.24) is 15.1 Å². The van der Waals surface area contributed by atoms with Crippen molar-refractivity contribution >= 4 is 41.4 Å². The molecule has 0 saturated carbocycles. The summed E-state index contributed by atoms with van der Waals surface area (Å²) in [6.45, 7) is 4.73. The largest absolute Gasteiger partial charge is 0.356 e. The molecule has 0 radical (unpaired) electrons. The monoisotopic (exact) mass is 442 g/mol. The molecule has 0 spiro atoms. The first-order valence-corrected chi connectivity index (χ1v) is 8.09. The van der Waals surface area contributed by atoms with Gasteiger partial charge in [0.2, 0.25) is 5.91 Å². The highest BCUT2D eigenvalue weighted by Crippen LogP contribution is 2.21. The van der Waals surface area contributed by atoms with Crippen molar-refractivity contribution in [3.8, 4) is 0 Å². The molecule has 24 heavy (non-hydrogen) atoms. The van der Waals surface area contributed by atoms with Crippen LogP contribution >= 0.6 is 24.0 Å². The van der Waals surface area contributed by atoms with Crippen molar-refractivity contribution in [1.29, 1.82) is 0 Å². The van der Waals surface area contributed by atoms with Gasteiger partial charge < -0.3 is 15.1 Å². The first-order chi connectivity index (χ1) is 11.1. The van der Waals surface area contributed by atoms with Gasteiger partial charge >= 0.3 is 0 Å². The van der Waals surface area contributed by atoms with E-state index < -0.39 is 0 Å². The second kappa shape index (κ2) is 10.3. The third-order valence-electron chi connectivity index (χ3n) is 3.85. The van der Waals surface area contributed by atoms with Crippen LogP contribution in [0.3, 0.4) is 0 Å². The summed E-state index contributed by atoms with van der Waals surface area (Å²) in [7, 11) is 3.50. The lowest BCUT2D eigenvalue weighted by Crippen LogP contribution is -2.44. The standard InChI is InChI=1S/C18H26N4O.HI/c1-4-19-18(20-14-17(23)21(2)3)22-12-10-16(11-13-22)15-8-6-5-7-9-15;/h5-10H,4,11-14H2,1-3H3,(H,19,20);1H. The second-order valence-corrected chi connectivity index (χ2v) is 5.75. The fourth-order valence-corrected chi connectivity index (χ4v) is 2.49. The van der Waals surface area contributed by atoms with Gasteiger partial charge in [0.05, 0.1) is 0 Å². The Bertz CT molecular complexity index is 584. The zero-order chi connectivity index (χ0) is 16.7. The number of hydrogen-bond acceptors (Lipinski definition) is 2. The van der Waals surface area contributed by atoms with E-state index in [2.05, 4.69) is 45.6 Å². The first-order valence-electron chi connectivity index (χ1n) is 8.09. The van der Waals surface area contributed by atoms with Gasteiger partial charge in [0.1, 0.15) is 6.54 Å². The number of guanidine groups is 1. The lowest BCUT2D eigenvalue weighted by atomic mass is 10.00. The van der Waals surface area contributed by atoms with Crippen molar-refractivity contribution in [2.75, 3.05) is 40.3 Å². The Balaban J connectivity index is 0.00000288. The number of aliphatic imine (C=N–C) groups is 1. The highest BCUT2D eigenvalue weighted by Gasteiger charge is 2.16. The van der Waals surface area contributed by atoms with Crippen LogP contribution in [0.15, 0.2) is 41.4 Å². The summed E-state index contributed by atoms with van der Waals surface area (Å²) in [5.74, 6) is 0.823. The zero-order valence-electron chi connectivity index (χ0n) is 14.7. The molecule has 0 bridgehead atoms. The van der Waals surface area contributed by atoms with Crippen LogP contribution in [0.5, 0.6) is 0 Å². The number of nitrogens with one attached hydrogen (secondary N) is 1. The molecule has 2 rings (SSSR count). The molecular weight excluding hydrogens is 415 g/mol. The minimum Gasteiger partial charge on any atom is -0.356 e. The zero-order valence-corrected chi connectivity index (χ0v) is 17.0. The Morgan fingerprint density at radius 1 is 1.29 bits per heavy atom. The summed E-state index contributed by atoms with van der Waals surface area (Å²) in [4.78, 5) is 20.0. The van der Waals surface area contributed by atoms with Crippen molar-refractivity contribution in [3.63, 3.8) is 0 Å². The molecule has 0 saturated heterocycles. The molecule has 0 fully saturated rings. The molecule has 0 atom stereocenters.